The van der Waals surface area contributed by atoms with Crippen LogP contribution in [0.2, 0.25) is 0 Å². The molecule has 2 unspecified atom stereocenters. The van der Waals surface area contributed by atoms with Gasteiger partial charge in [0.15, 0.2) is 9.84 Å². The fourth-order valence-electron chi connectivity index (χ4n) is 2.54. The quantitative estimate of drug-likeness (QED) is 0.917. The van der Waals surface area contributed by atoms with Gasteiger partial charge in [-0.2, -0.15) is 0 Å². The van der Waals surface area contributed by atoms with Crippen LogP contribution in [0.4, 0.5) is 8.78 Å². The summed E-state index contributed by atoms with van der Waals surface area (Å²) in [5.74, 6) is -0.767. The van der Waals surface area contributed by atoms with Crippen molar-refractivity contribution in [2.75, 3.05) is 11.5 Å². The molecular weight excluding hydrogens is 272 g/mol. The Morgan fingerprint density at radius 3 is 2.68 bits per heavy atom. The van der Waals surface area contributed by atoms with Crippen LogP contribution in [0, 0.1) is 17.6 Å². The van der Waals surface area contributed by atoms with Crippen LogP contribution in [0.5, 0.6) is 0 Å². The topological polar surface area (TPSA) is 60.2 Å². The molecular formula is C13H17F2NO2S. The van der Waals surface area contributed by atoms with Gasteiger partial charge in [0.25, 0.3) is 0 Å². The molecule has 2 atom stereocenters. The monoisotopic (exact) mass is 289 g/mol. The van der Waals surface area contributed by atoms with Gasteiger partial charge in [0, 0.05) is 12.1 Å². The van der Waals surface area contributed by atoms with Gasteiger partial charge in [-0.3, -0.25) is 0 Å². The molecule has 1 saturated heterocycles. The molecule has 1 aromatic rings. The third kappa shape index (κ3) is 3.98. The zero-order chi connectivity index (χ0) is 14.0. The molecule has 2 rings (SSSR count). The van der Waals surface area contributed by atoms with E-state index in [4.69, 9.17) is 5.73 Å². The van der Waals surface area contributed by atoms with E-state index < -0.39 is 21.5 Å². The SMILES string of the molecule is NC(Cc1ccc(F)cc1F)CC1CCS(=O)(=O)C1. The molecule has 0 aromatic heterocycles. The van der Waals surface area contributed by atoms with Crippen molar-refractivity contribution in [1.29, 1.82) is 0 Å². The molecule has 0 aliphatic carbocycles. The highest BCUT2D eigenvalue weighted by atomic mass is 32.2. The molecule has 2 N–H and O–H groups in total. The Labute approximate surface area is 111 Å². The lowest BCUT2D eigenvalue weighted by Gasteiger charge is -2.15. The highest BCUT2D eigenvalue weighted by Crippen LogP contribution is 2.23. The Bertz CT molecular complexity index is 560. The predicted molar refractivity (Wildman–Crippen MR) is 69.4 cm³/mol. The molecule has 6 heteroatoms. The van der Waals surface area contributed by atoms with Gasteiger partial charge >= 0.3 is 0 Å². The van der Waals surface area contributed by atoms with Crippen LogP contribution < -0.4 is 5.73 Å². The van der Waals surface area contributed by atoms with E-state index in [1.54, 1.807) is 0 Å². The normalized spacial score (nSPS) is 23.4. The first kappa shape index (κ1) is 14.4. The summed E-state index contributed by atoms with van der Waals surface area (Å²) in [6, 6.07) is 3.11. The molecule has 0 amide bonds. The first-order valence-electron chi connectivity index (χ1n) is 6.25. The Kier molecular flexibility index (Phi) is 4.20. The smallest absolute Gasteiger partial charge is 0.150 e. The fourth-order valence-corrected chi connectivity index (χ4v) is 4.42. The van der Waals surface area contributed by atoms with Gasteiger partial charge < -0.3 is 5.73 Å². The number of halogens is 2. The minimum atomic E-state index is -2.91. The van der Waals surface area contributed by atoms with Crippen molar-refractivity contribution in [2.24, 2.45) is 11.7 Å². The van der Waals surface area contributed by atoms with Crippen LogP contribution in [0.3, 0.4) is 0 Å². The molecule has 19 heavy (non-hydrogen) atoms. The molecule has 0 spiro atoms. The minimum absolute atomic E-state index is 0.0588. The summed E-state index contributed by atoms with van der Waals surface area (Å²) in [6.07, 6.45) is 1.47. The predicted octanol–water partition coefficient (Wildman–Crippen LogP) is 1.66. The summed E-state index contributed by atoms with van der Waals surface area (Å²) < 4.78 is 48.9. The van der Waals surface area contributed by atoms with Gasteiger partial charge in [-0.25, -0.2) is 17.2 Å². The van der Waals surface area contributed by atoms with Crippen molar-refractivity contribution in [2.45, 2.75) is 25.3 Å². The van der Waals surface area contributed by atoms with Crippen molar-refractivity contribution < 1.29 is 17.2 Å². The Morgan fingerprint density at radius 1 is 1.37 bits per heavy atom. The molecule has 106 valence electrons. The third-order valence-corrected chi connectivity index (χ3v) is 5.30. The van der Waals surface area contributed by atoms with Crippen LogP contribution in [-0.2, 0) is 16.3 Å². The second-order valence-corrected chi connectivity index (χ2v) is 7.43. The number of sulfone groups is 1. The third-order valence-electron chi connectivity index (χ3n) is 3.46. The van der Waals surface area contributed by atoms with Gasteiger partial charge in [-0.15, -0.1) is 0 Å². The number of hydrogen-bond donors (Lipinski definition) is 1. The summed E-state index contributed by atoms with van der Waals surface area (Å²) in [6.45, 7) is 0. The van der Waals surface area contributed by atoms with Gasteiger partial charge in [-0.05, 0) is 36.8 Å². The van der Waals surface area contributed by atoms with Crippen molar-refractivity contribution in [3.63, 3.8) is 0 Å². The summed E-state index contributed by atoms with van der Waals surface area (Å²) in [5.41, 5.74) is 6.30. The van der Waals surface area contributed by atoms with E-state index in [0.29, 0.717) is 24.8 Å². The maximum absolute atomic E-state index is 13.5. The lowest BCUT2D eigenvalue weighted by Crippen LogP contribution is -2.27. The molecule has 1 heterocycles. The van der Waals surface area contributed by atoms with Gasteiger partial charge in [0.2, 0.25) is 0 Å². The zero-order valence-electron chi connectivity index (χ0n) is 10.5. The lowest BCUT2D eigenvalue weighted by molar-refractivity contribution is 0.461. The molecule has 0 radical (unpaired) electrons. The van der Waals surface area contributed by atoms with Crippen molar-refractivity contribution >= 4 is 9.84 Å². The molecule has 0 saturated carbocycles. The maximum atomic E-state index is 13.5. The number of nitrogens with two attached hydrogens (primary N) is 1. The van der Waals surface area contributed by atoms with Gasteiger partial charge in [0.05, 0.1) is 11.5 Å². The first-order chi connectivity index (χ1) is 8.85. The number of rotatable bonds is 4. The second kappa shape index (κ2) is 5.54. The molecule has 1 aromatic carbocycles. The zero-order valence-corrected chi connectivity index (χ0v) is 11.3. The minimum Gasteiger partial charge on any atom is -0.327 e. The fraction of sp³-hybridized carbons (Fsp3) is 0.538. The summed E-state index contributed by atoms with van der Waals surface area (Å²) >= 11 is 0. The van der Waals surface area contributed by atoms with Crippen LogP contribution in [-0.4, -0.2) is 26.0 Å². The number of benzene rings is 1. The van der Waals surface area contributed by atoms with E-state index in [1.807, 2.05) is 0 Å². The molecule has 1 aliphatic heterocycles. The van der Waals surface area contributed by atoms with E-state index in [-0.39, 0.29) is 23.5 Å². The summed E-state index contributed by atoms with van der Waals surface area (Å²) in [7, 11) is -2.91. The lowest BCUT2D eigenvalue weighted by atomic mass is 9.95. The average molecular weight is 289 g/mol. The van der Waals surface area contributed by atoms with Crippen LogP contribution >= 0.6 is 0 Å². The van der Waals surface area contributed by atoms with E-state index in [1.165, 1.54) is 12.1 Å². The van der Waals surface area contributed by atoms with E-state index >= 15 is 0 Å². The van der Waals surface area contributed by atoms with Crippen LogP contribution in [0.15, 0.2) is 18.2 Å². The second-order valence-electron chi connectivity index (χ2n) is 5.20. The van der Waals surface area contributed by atoms with Gasteiger partial charge in [-0.1, -0.05) is 6.07 Å². The highest BCUT2D eigenvalue weighted by molar-refractivity contribution is 7.91. The van der Waals surface area contributed by atoms with Crippen molar-refractivity contribution in [3.8, 4) is 0 Å². The molecule has 3 nitrogen and oxygen atoms in total. The molecule has 0 bridgehead atoms. The Balaban J connectivity index is 1.93. The highest BCUT2D eigenvalue weighted by Gasteiger charge is 2.29. The van der Waals surface area contributed by atoms with Crippen LogP contribution in [0.1, 0.15) is 18.4 Å². The van der Waals surface area contributed by atoms with E-state index in [9.17, 15) is 17.2 Å². The average Bonchev–Trinajstić information content (AvgIpc) is 2.62. The van der Waals surface area contributed by atoms with Crippen LogP contribution in [0.25, 0.3) is 0 Å². The maximum Gasteiger partial charge on any atom is 0.150 e. The van der Waals surface area contributed by atoms with E-state index in [2.05, 4.69) is 0 Å². The summed E-state index contributed by atoms with van der Waals surface area (Å²) in [4.78, 5) is 0. The van der Waals surface area contributed by atoms with Crippen molar-refractivity contribution in [1.82, 2.24) is 0 Å². The summed E-state index contributed by atoms with van der Waals surface area (Å²) in [5, 5.41) is 0. The van der Waals surface area contributed by atoms with Gasteiger partial charge in [0.1, 0.15) is 11.6 Å². The molecule has 1 aliphatic rings. The largest absolute Gasteiger partial charge is 0.327 e. The standard InChI is InChI=1S/C13H17F2NO2S/c14-11-2-1-10(13(15)7-11)6-12(16)5-9-3-4-19(17,18)8-9/h1-2,7,9,12H,3-6,8,16H2. The molecule has 1 fully saturated rings. The Morgan fingerprint density at radius 2 is 2.11 bits per heavy atom. The number of hydrogen-bond acceptors (Lipinski definition) is 3. The Hall–Kier alpha value is -1.01. The van der Waals surface area contributed by atoms with E-state index in [0.717, 1.165) is 6.07 Å². The first-order valence-corrected chi connectivity index (χ1v) is 8.08. The van der Waals surface area contributed by atoms with Crippen molar-refractivity contribution in [3.05, 3.63) is 35.4 Å².